The molecule has 2 aromatic rings. The summed E-state index contributed by atoms with van der Waals surface area (Å²) in [5.41, 5.74) is 2.76. The fraction of sp³-hybridized carbons (Fsp3) is 0.643. The van der Waals surface area contributed by atoms with Crippen LogP contribution in [-0.4, -0.2) is 26.1 Å². The molecule has 0 amide bonds. The van der Waals surface area contributed by atoms with Gasteiger partial charge in [0.15, 0.2) is 11.1 Å². The van der Waals surface area contributed by atoms with Gasteiger partial charge in [-0.1, -0.05) is 13.8 Å². The van der Waals surface area contributed by atoms with Crippen LogP contribution < -0.4 is 5.49 Å². The number of rotatable bonds is 4. The normalized spacial score (nSPS) is 16.7. The van der Waals surface area contributed by atoms with Crippen molar-refractivity contribution in [1.29, 1.82) is 0 Å². The Morgan fingerprint density at radius 1 is 1.47 bits per heavy atom. The highest BCUT2D eigenvalue weighted by molar-refractivity contribution is 5.69. The number of aromatic nitrogens is 4. The molecule has 1 fully saturated rings. The van der Waals surface area contributed by atoms with Gasteiger partial charge in [0.25, 0.3) is 0 Å². The van der Waals surface area contributed by atoms with E-state index in [0.717, 1.165) is 41.5 Å². The Morgan fingerprint density at radius 2 is 2.26 bits per heavy atom. The summed E-state index contributed by atoms with van der Waals surface area (Å²) in [6.07, 6.45) is 4.55. The molecule has 0 spiro atoms. The third-order valence-electron chi connectivity index (χ3n) is 3.52. The number of fused-ring (bicyclic) bond motifs is 1. The molecule has 102 valence electrons. The molecule has 3 rings (SSSR count). The standard InChI is InChI=1S/C14H21N5/c1-4-15-13-11-14(18-12(17-11)9(2)3)19(8-16-13)7-10-5-6-10/h8-10H,4-7H2,1-3H3,(H,17,18). The fourth-order valence-corrected chi connectivity index (χ4v) is 2.24. The van der Waals surface area contributed by atoms with E-state index in [4.69, 9.17) is 4.98 Å². The van der Waals surface area contributed by atoms with Crippen LogP contribution in [-0.2, 0) is 6.54 Å². The molecule has 0 aromatic carbocycles. The van der Waals surface area contributed by atoms with Crippen molar-refractivity contribution in [3.8, 4) is 0 Å². The van der Waals surface area contributed by atoms with Crippen LogP contribution >= 0.6 is 0 Å². The van der Waals surface area contributed by atoms with Crippen LogP contribution in [0.3, 0.4) is 0 Å². The summed E-state index contributed by atoms with van der Waals surface area (Å²) in [5, 5.41) is 0. The van der Waals surface area contributed by atoms with Gasteiger partial charge in [-0.15, -0.1) is 0 Å². The van der Waals surface area contributed by atoms with Crippen LogP contribution in [0.25, 0.3) is 11.2 Å². The molecule has 0 saturated heterocycles. The van der Waals surface area contributed by atoms with Crippen LogP contribution in [0.1, 0.15) is 45.4 Å². The number of hydrogen-bond donors (Lipinski definition) is 1. The number of H-pyrrole nitrogens is 1. The Labute approximate surface area is 112 Å². The van der Waals surface area contributed by atoms with Gasteiger partial charge in [-0.3, -0.25) is 4.99 Å². The Kier molecular flexibility index (Phi) is 3.12. The zero-order chi connectivity index (χ0) is 13.4. The quantitative estimate of drug-likeness (QED) is 0.915. The summed E-state index contributed by atoms with van der Waals surface area (Å²) in [6.45, 7) is 8.08. The van der Waals surface area contributed by atoms with Crippen molar-refractivity contribution in [2.45, 2.75) is 46.1 Å². The van der Waals surface area contributed by atoms with Gasteiger partial charge in [-0.05, 0) is 25.7 Å². The molecule has 1 aliphatic rings. The summed E-state index contributed by atoms with van der Waals surface area (Å²) >= 11 is 0. The smallest absolute Gasteiger partial charge is 0.176 e. The van der Waals surface area contributed by atoms with Gasteiger partial charge in [0.05, 0.1) is 6.33 Å². The first-order valence-corrected chi connectivity index (χ1v) is 7.14. The summed E-state index contributed by atoms with van der Waals surface area (Å²) in [6, 6.07) is 0. The molecule has 0 unspecified atom stereocenters. The molecule has 2 heterocycles. The van der Waals surface area contributed by atoms with E-state index in [0.29, 0.717) is 5.92 Å². The number of nitrogens with one attached hydrogen (secondary N) is 1. The van der Waals surface area contributed by atoms with Gasteiger partial charge in [0.1, 0.15) is 11.3 Å². The molecule has 19 heavy (non-hydrogen) atoms. The Balaban J connectivity index is 2.17. The molecule has 1 aliphatic carbocycles. The molecule has 0 bridgehead atoms. The van der Waals surface area contributed by atoms with Crippen LogP contribution in [0.15, 0.2) is 11.3 Å². The lowest BCUT2D eigenvalue weighted by atomic mass is 10.2. The van der Waals surface area contributed by atoms with Crippen molar-refractivity contribution in [2.24, 2.45) is 10.9 Å². The molecule has 1 saturated carbocycles. The number of aromatic amines is 1. The maximum atomic E-state index is 4.74. The van der Waals surface area contributed by atoms with Gasteiger partial charge in [0, 0.05) is 19.0 Å². The summed E-state index contributed by atoms with van der Waals surface area (Å²) < 4.78 is 2.17. The van der Waals surface area contributed by atoms with E-state index >= 15 is 0 Å². The van der Waals surface area contributed by atoms with Crippen molar-refractivity contribution in [1.82, 2.24) is 19.5 Å². The third-order valence-corrected chi connectivity index (χ3v) is 3.52. The lowest BCUT2D eigenvalue weighted by molar-refractivity contribution is 0.626. The zero-order valence-electron chi connectivity index (χ0n) is 11.8. The first-order valence-electron chi connectivity index (χ1n) is 7.14. The molecular weight excluding hydrogens is 238 g/mol. The highest BCUT2D eigenvalue weighted by atomic mass is 15.1. The Hall–Kier alpha value is -1.65. The summed E-state index contributed by atoms with van der Waals surface area (Å²) in [4.78, 5) is 17.1. The number of nitrogens with zero attached hydrogens (tertiary/aromatic N) is 4. The molecule has 5 nitrogen and oxygen atoms in total. The van der Waals surface area contributed by atoms with E-state index in [1.165, 1.54) is 12.8 Å². The lowest BCUT2D eigenvalue weighted by Gasteiger charge is -2.05. The van der Waals surface area contributed by atoms with Gasteiger partial charge < -0.3 is 9.55 Å². The van der Waals surface area contributed by atoms with E-state index in [9.17, 15) is 0 Å². The molecule has 5 heteroatoms. The lowest BCUT2D eigenvalue weighted by Crippen LogP contribution is -2.15. The highest BCUT2D eigenvalue weighted by Crippen LogP contribution is 2.31. The predicted molar refractivity (Wildman–Crippen MR) is 74.8 cm³/mol. The van der Waals surface area contributed by atoms with Crippen molar-refractivity contribution in [2.75, 3.05) is 6.54 Å². The maximum absolute atomic E-state index is 4.74. The van der Waals surface area contributed by atoms with Crippen molar-refractivity contribution in [3.05, 3.63) is 17.6 Å². The average Bonchev–Trinajstić information content (AvgIpc) is 3.06. The minimum absolute atomic E-state index is 0.385. The second-order valence-electron chi connectivity index (χ2n) is 5.61. The van der Waals surface area contributed by atoms with E-state index < -0.39 is 0 Å². The van der Waals surface area contributed by atoms with Gasteiger partial charge >= 0.3 is 0 Å². The maximum Gasteiger partial charge on any atom is 0.176 e. The molecule has 2 aromatic heterocycles. The summed E-state index contributed by atoms with van der Waals surface area (Å²) in [7, 11) is 0. The largest absolute Gasteiger partial charge is 0.337 e. The predicted octanol–water partition coefficient (Wildman–Crippen LogP) is 2.21. The number of imidazole rings is 1. The van der Waals surface area contributed by atoms with E-state index in [1.807, 2.05) is 13.3 Å². The second kappa shape index (κ2) is 4.79. The van der Waals surface area contributed by atoms with Gasteiger partial charge in [-0.2, -0.15) is 0 Å². The van der Waals surface area contributed by atoms with Crippen molar-refractivity contribution in [3.63, 3.8) is 0 Å². The minimum Gasteiger partial charge on any atom is -0.337 e. The van der Waals surface area contributed by atoms with Gasteiger partial charge in [-0.25, -0.2) is 9.97 Å². The Bertz CT molecular complexity index is 645. The van der Waals surface area contributed by atoms with Crippen LogP contribution in [0.5, 0.6) is 0 Å². The molecule has 0 aliphatic heterocycles. The van der Waals surface area contributed by atoms with Gasteiger partial charge in [0.2, 0.25) is 0 Å². The topological polar surface area (TPSA) is 58.9 Å². The Morgan fingerprint density at radius 3 is 2.89 bits per heavy atom. The molecule has 0 radical (unpaired) electrons. The van der Waals surface area contributed by atoms with Crippen molar-refractivity contribution < 1.29 is 0 Å². The first kappa shape index (κ1) is 12.4. The SMILES string of the molecule is CCN=c1ncn(CC2CC2)c2nc(C(C)C)[nH]c12. The van der Waals surface area contributed by atoms with E-state index in [2.05, 4.69) is 33.4 Å². The van der Waals surface area contributed by atoms with Crippen LogP contribution in [0.4, 0.5) is 0 Å². The number of hydrogen-bond acceptors (Lipinski definition) is 3. The molecule has 0 atom stereocenters. The zero-order valence-corrected chi connectivity index (χ0v) is 11.8. The second-order valence-corrected chi connectivity index (χ2v) is 5.61. The summed E-state index contributed by atoms with van der Waals surface area (Å²) in [5.74, 6) is 2.21. The molecule has 1 N–H and O–H groups in total. The van der Waals surface area contributed by atoms with E-state index in [-0.39, 0.29) is 0 Å². The highest BCUT2D eigenvalue weighted by Gasteiger charge is 2.23. The van der Waals surface area contributed by atoms with Crippen LogP contribution in [0, 0.1) is 5.92 Å². The third kappa shape index (κ3) is 2.41. The minimum atomic E-state index is 0.385. The van der Waals surface area contributed by atoms with Crippen LogP contribution in [0.2, 0.25) is 0 Å². The molecular formula is C14H21N5. The monoisotopic (exact) mass is 259 g/mol. The van der Waals surface area contributed by atoms with E-state index in [1.54, 1.807) is 0 Å². The first-order chi connectivity index (χ1) is 9.19. The average molecular weight is 259 g/mol. The van der Waals surface area contributed by atoms with Crippen molar-refractivity contribution >= 4 is 11.2 Å². The fourth-order valence-electron chi connectivity index (χ4n) is 2.24.